The zero-order valence-corrected chi connectivity index (χ0v) is 11.8. The summed E-state index contributed by atoms with van der Waals surface area (Å²) in [5, 5.41) is 5.09. The van der Waals surface area contributed by atoms with Gasteiger partial charge in [0, 0.05) is 24.3 Å². The zero-order chi connectivity index (χ0) is 13.1. The second-order valence-corrected chi connectivity index (χ2v) is 6.00. The summed E-state index contributed by atoms with van der Waals surface area (Å²) in [6.45, 7) is 3.40. The van der Waals surface area contributed by atoms with E-state index in [1.165, 1.54) is 48.6 Å². The second kappa shape index (κ2) is 5.79. The molecule has 0 aliphatic heterocycles. The van der Waals surface area contributed by atoms with E-state index in [1.54, 1.807) is 0 Å². The topological polar surface area (TPSA) is 27.8 Å². The summed E-state index contributed by atoms with van der Waals surface area (Å²) in [7, 11) is 0. The molecule has 1 saturated carbocycles. The molecule has 2 nitrogen and oxygen atoms in total. The Morgan fingerprint density at radius 2 is 2.05 bits per heavy atom. The Bertz CT molecular complexity index is 529. The van der Waals surface area contributed by atoms with E-state index < -0.39 is 0 Å². The standard InChI is InChI=1S/C17H24N2/c1-13-5-3-2-4-6-16(13)19-12-14-7-8-17-15(11-14)9-10-18-17/h7-11,13,16,18-19H,2-6,12H2,1H3. The van der Waals surface area contributed by atoms with Gasteiger partial charge in [-0.05, 0) is 47.9 Å². The molecule has 1 aliphatic rings. The predicted molar refractivity (Wildman–Crippen MR) is 81.2 cm³/mol. The van der Waals surface area contributed by atoms with E-state index in [9.17, 15) is 0 Å². The van der Waals surface area contributed by atoms with Crippen molar-refractivity contribution in [3.8, 4) is 0 Å². The van der Waals surface area contributed by atoms with Gasteiger partial charge in [-0.2, -0.15) is 0 Å². The molecule has 1 fully saturated rings. The Morgan fingerprint density at radius 3 is 3.00 bits per heavy atom. The maximum atomic E-state index is 3.77. The number of fused-ring (bicyclic) bond motifs is 1. The molecule has 1 heterocycles. The maximum Gasteiger partial charge on any atom is 0.0454 e. The van der Waals surface area contributed by atoms with Crippen molar-refractivity contribution in [2.75, 3.05) is 0 Å². The highest BCUT2D eigenvalue weighted by molar-refractivity contribution is 5.79. The smallest absolute Gasteiger partial charge is 0.0454 e. The number of hydrogen-bond acceptors (Lipinski definition) is 1. The van der Waals surface area contributed by atoms with Crippen LogP contribution in [-0.4, -0.2) is 11.0 Å². The third-order valence-corrected chi connectivity index (χ3v) is 4.55. The number of aromatic nitrogens is 1. The Morgan fingerprint density at radius 1 is 1.16 bits per heavy atom. The van der Waals surface area contributed by atoms with Gasteiger partial charge in [0.15, 0.2) is 0 Å². The van der Waals surface area contributed by atoms with Crippen molar-refractivity contribution in [3.63, 3.8) is 0 Å². The average molecular weight is 256 g/mol. The third kappa shape index (κ3) is 3.01. The van der Waals surface area contributed by atoms with Gasteiger partial charge in [-0.15, -0.1) is 0 Å². The molecule has 0 bridgehead atoms. The van der Waals surface area contributed by atoms with E-state index in [0.29, 0.717) is 6.04 Å². The van der Waals surface area contributed by atoms with Crippen LogP contribution in [0.4, 0.5) is 0 Å². The van der Waals surface area contributed by atoms with Gasteiger partial charge in [0.1, 0.15) is 0 Å². The molecule has 1 aromatic heterocycles. The second-order valence-electron chi connectivity index (χ2n) is 6.00. The van der Waals surface area contributed by atoms with E-state index in [0.717, 1.165) is 12.5 Å². The lowest BCUT2D eigenvalue weighted by molar-refractivity contribution is 0.356. The first-order valence-electron chi connectivity index (χ1n) is 7.62. The molecule has 0 amide bonds. The van der Waals surface area contributed by atoms with Gasteiger partial charge in [-0.25, -0.2) is 0 Å². The molecule has 102 valence electrons. The van der Waals surface area contributed by atoms with Gasteiger partial charge in [-0.3, -0.25) is 0 Å². The van der Waals surface area contributed by atoms with Crippen LogP contribution in [0.1, 0.15) is 44.6 Å². The van der Waals surface area contributed by atoms with Gasteiger partial charge in [0.25, 0.3) is 0 Å². The van der Waals surface area contributed by atoms with Gasteiger partial charge in [0.2, 0.25) is 0 Å². The molecule has 2 unspecified atom stereocenters. The van der Waals surface area contributed by atoms with E-state index in [2.05, 4.69) is 41.5 Å². The molecule has 2 aromatic rings. The monoisotopic (exact) mass is 256 g/mol. The fraction of sp³-hybridized carbons (Fsp3) is 0.529. The highest BCUT2D eigenvalue weighted by Gasteiger charge is 2.18. The third-order valence-electron chi connectivity index (χ3n) is 4.55. The van der Waals surface area contributed by atoms with E-state index in [4.69, 9.17) is 0 Å². The summed E-state index contributed by atoms with van der Waals surface area (Å²) in [6, 6.07) is 9.55. The number of nitrogens with one attached hydrogen (secondary N) is 2. The number of aromatic amines is 1. The number of benzene rings is 1. The first kappa shape index (κ1) is 12.7. The Balaban J connectivity index is 1.64. The molecule has 1 aliphatic carbocycles. The maximum absolute atomic E-state index is 3.77. The van der Waals surface area contributed by atoms with Gasteiger partial charge in [0.05, 0.1) is 0 Å². The highest BCUT2D eigenvalue weighted by atomic mass is 14.9. The number of hydrogen-bond donors (Lipinski definition) is 2. The van der Waals surface area contributed by atoms with Crippen LogP contribution in [-0.2, 0) is 6.54 Å². The Kier molecular flexibility index (Phi) is 3.88. The van der Waals surface area contributed by atoms with Crippen LogP contribution >= 0.6 is 0 Å². The summed E-state index contributed by atoms with van der Waals surface area (Å²) in [6.07, 6.45) is 8.95. The zero-order valence-electron chi connectivity index (χ0n) is 11.8. The fourth-order valence-corrected chi connectivity index (χ4v) is 3.26. The molecule has 2 heteroatoms. The minimum absolute atomic E-state index is 0.699. The van der Waals surface area contributed by atoms with E-state index >= 15 is 0 Å². The Hall–Kier alpha value is -1.28. The summed E-state index contributed by atoms with van der Waals surface area (Å²) in [4.78, 5) is 3.25. The number of H-pyrrole nitrogens is 1. The lowest BCUT2D eigenvalue weighted by Crippen LogP contribution is -2.33. The molecule has 0 radical (unpaired) electrons. The van der Waals surface area contributed by atoms with Crippen molar-refractivity contribution < 1.29 is 0 Å². The van der Waals surface area contributed by atoms with Crippen molar-refractivity contribution in [2.45, 2.75) is 51.6 Å². The van der Waals surface area contributed by atoms with E-state index in [1.807, 2.05) is 6.20 Å². The first-order chi connectivity index (χ1) is 9.33. The van der Waals surface area contributed by atoms with Gasteiger partial charge < -0.3 is 10.3 Å². The van der Waals surface area contributed by atoms with Crippen LogP contribution in [0.5, 0.6) is 0 Å². The van der Waals surface area contributed by atoms with Crippen LogP contribution in [0, 0.1) is 5.92 Å². The molecule has 2 atom stereocenters. The van der Waals surface area contributed by atoms with Crippen LogP contribution in [0.15, 0.2) is 30.5 Å². The van der Waals surface area contributed by atoms with Crippen LogP contribution in [0.2, 0.25) is 0 Å². The minimum Gasteiger partial charge on any atom is -0.361 e. The lowest BCUT2D eigenvalue weighted by Gasteiger charge is -2.23. The minimum atomic E-state index is 0.699. The van der Waals surface area contributed by atoms with Gasteiger partial charge >= 0.3 is 0 Å². The molecular formula is C17H24N2. The van der Waals surface area contributed by atoms with E-state index in [-0.39, 0.29) is 0 Å². The quantitative estimate of drug-likeness (QED) is 0.790. The normalized spacial score (nSPS) is 24.5. The van der Waals surface area contributed by atoms with Crippen molar-refractivity contribution in [1.29, 1.82) is 0 Å². The molecule has 1 aromatic carbocycles. The van der Waals surface area contributed by atoms with Crippen molar-refractivity contribution in [3.05, 3.63) is 36.0 Å². The predicted octanol–water partition coefficient (Wildman–Crippen LogP) is 4.23. The van der Waals surface area contributed by atoms with Crippen molar-refractivity contribution >= 4 is 10.9 Å². The van der Waals surface area contributed by atoms with Crippen molar-refractivity contribution in [2.24, 2.45) is 5.92 Å². The van der Waals surface area contributed by atoms with Crippen molar-refractivity contribution in [1.82, 2.24) is 10.3 Å². The SMILES string of the molecule is CC1CCCCCC1NCc1ccc2[nH]ccc2c1. The van der Waals surface area contributed by atoms with Crippen LogP contribution in [0.25, 0.3) is 10.9 Å². The van der Waals surface area contributed by atoms with Crippen LogP contribution in [0.3, 0.4) is 0 Å². The largest absolute Gasteiger partial charge is 0.361 e. The highest BCUT2D eigenvalue weighted by Crippen LogP contribution is 2.23. The van der Waals surface area contributed by atoms with Gasteiger partial charge in [-0.1, -0.05) is 32.3 Å². The summed E-state index contributed by atoms with van der Waals surface area (Å²) in [5.74, 6) is 0.818. The number of rotatable bonds is 3. The molecule has 2 N–H and O–H groups in total. The molecule has 0 saturated heterocycles. The molecule has 0 spiro atoms. The lowest BCUT2D eigenvalue weighted by atomic mass is 9.97. The first-order valence-corrected chi connectivity index (χ1v) is 7.62. The Labute approximate surface area is 115 Å². The molecule has 19 heavy (non-hydrogen) atoms. The molecule has 3 rings (SSSR count). The fourth-order valence-electron chi connectivity index (χ4n) is 3.26. The average Bonchev–Trinajstić information content (AvgIpc) is 2.79. The summed E-state index contributed by atoms with van der Waals surface area (Å²) in [5.41, 5.74) is 2.62. The summed E-state index contributed by atoms with van der Waals surface area (Å²) >= 11 is 0. The molecular weight excluding hydrogens is 232 g/mol. The van der Waals surface area contributed by atoms with Crippen LogP contribution < -0.4 is 5.32 Å². The summed E-state index contributed by atoms with van der Waals surface area (Å²) < 4.78 is 0.